The van der Waals surface area contributed by atoms with Gasteiger partial charge >= 0.3 is 0 Å². The summed E-state index contributed by atoms with van der Waals surface area (Å²) in [7, 11) is 1.66. The molecule has 2 fully saturated rings. The minimum Gasteiger partial charge on any atom is -0.497 e. The molecule has 1 amide bonds. The number of morpholine rings is 1. The van der Waals surface area contributed by atoms with Crippen LogP contribution in [0.3, 0.4) is 0 Å². The van der Waals surface area contributed by atoms with Crippen LogP contribution in [0.4, 0.5) is 5.69 Å². The van der Waals surface area contributed by atoms with Gasteiger partial charge in [0.1, 0.15) is 18.1 Å². The largest absolute Gasteiger partial charge is 0.497 e. The number of amides is 1. The number of carbonyl (C=O) groups excluding carboxylic acids is 1. The lowest BCUT2D eigenvalue weighted by Gasteiger charge is -2.30. The average Bonchev–Trinajstić information content (AvgIpc) is 3.16. The molecule has 0 radical (unpaired) electrons. The number of carbonyl (C=O) groups is 1. The summed E-state index contributed by atoms with van der Waals surface area (Å²) < 4.78 is 17.2. The standard InChI is InChI=1S/C28H35N3O4/c1-33-23-9-10-27(35-18-15-29-11-5-2-6-12-29)22(19-23)20-25-24-7-3-4-8-26(24)31(28(25)32)21-30-13-16-34-17-14-30/h3-4,7-10,19-20H,2,5-6,11-18,21H2,1H3. The van der Waals surface area contributed by atoms with Crippen molar-refractivity contribution in [1.82, 2.24) is 9.80 Å². The molecule has 186 valence electrons. The summed E-state index contributed by atoms with van der Waals surface area (Å²) in [5, 5.41) is 0. The van der Waals surface area contributed by atoms with Crippen LogP contribution in [0.25, 0.3) is 11.6 Å². The highest BCUT2D eigenvalue weighted by atomic mass is 16.5. The topological polar surface area (TPSA) is 54.5 Å². The second kappa shape index (κ2) is 11.2. The summed E-state index contributed by atoms with van der Waals surface area (Å²) in [6.07, 6.45) is 5.82. The van der Waals surface area contributed by atoms with Crippen LogP contribution in [-0.2, 0) is 9.53 Å². The molecule has 0 atom stereocenters. The highest BCUT2D eigenvalue weighted by Crippen LogP contribution is 2.39. The maximum atomic E-state index is 13.6. The van der Waals surface area contributed by atoms with Gasteiger partial charge in [0.25, 0.3) is 5.91 Å². The van der Waals surface area contributed by atoms with Crippen molar-refractivity contribution in [3.8, 4) is 11.5 Å². The molecule has 7 nitrogen and oxygen atoms in total. The second-order valence-corrected chi connectivity index (χ2v) is 9.33. The first kappa shape index (κ1) is 23.9. The van der Waals surface area contributed by atoms with Crippen LogP contribution >= 0.6 is 0 Å². The van der Waals surface area contributed by atoms with E-state index in [4.69, 9.17) is 14.2 Å². The number of methoxy groups -OCH3 is 1. The zero-order chi connectivity index (χ0) is 24.0. The first-order valence-electron chi connectivity index (χ1n) is 12.7. The normalized spacial score (nSPS) is 20.3. The number of fused-ring (bicyclic) bond motifs is 1. The lowest BCUT2D eigenvalue weighted by Crippen LogP contribution is -2.45. The summed E-state index contributed by atoms with van der Waals surface area (Å²) in [4.78, 5) is 20.3. The van der Waals surface area contributed by atoms with Crippen molar-refractivity contribution in [2.45, 2.75) is 19.3 Å². The molecule has 0 saturated carbocycles. The lowest BCUT2D eigenvalue weighted by atomic mass is 10.0. The van der Waals surface area contributed by atoms with Gasteiger partial charge in [0, 0.05) is 36.3 Å². The van der Waals surface area contributed by atoms with Crippen LogP contribution in [0.2, 0.25) is 0 Å². The third-order valence-electron chi connectivity index (χ3n) is 7.04. The predicted octanol–water partition coefficient (Wildman–Crippen LogP) is 3.74. The van der Waals surface area contributed by atoms with Crippen LogP contribution < -0.4 is 14.4 Å². The Kier molecular flexibility index (Phi) is 7.66. The number of likely N-dealkylation sites (tertiary alicyclic amines) is 1. The van der Waals surface area contributed by atoms with E-state index in [9.17, 15) is 4.79 Å². The summed E-state index contributed by atoms with van der Waals surface area (Å²) >= 11 is 0. The van der Waals surface area contributed by atoms with Crippen LogP contribution in [0, 0.1) is 0 Å². The van der Waals surface area contributed by atoms with E-state index in [1.54, 1.807) is 7.11 Å². The SMILES string of the molecule is COc1ccc(OCCN2CCCCC2)c(C=C2C(=O)N(CN3CCOCC3)c3ccccc32)c1. The molecule has 5 rings (SSSR count). The zero-order valence-electron chi connectivity index (χ0n) is 20.6. The Morgan fingerprint density at radius 3 is 2.57 bits per heavy atom. The number of hydrogen-bond donors (Lipinski definition) is 0. The monoisotopic (exact) mass is 477 g/mol. The van der Waals surface area contributed by atoms with Gasteiger partial charge in [-0.15, -0.1) is 0 Å². The molecular formula is C28H35N3O4. The number of nitrogens with zero attached hydrogens (tertiary/aromatic N) is 3. The number of piperidine rings is 1. The molecular weight excluding hydrogens is 442 g/mol. The van der Waals surface area contributed by atoms with E-state index in [0.717, 1.165) is 61.0 Å². The van der Waals surface area contributed by atoms with E-state index in [2.05, 4.69) is 9.80 Å². The Bertz CT molecular complexity index is 1060. The van der Waals surface area contributed by atoms with E-state index < -0.39 is 0 Å². The molecule has 0 aliphatic carbocycles. The van der Waals surface area contributed by atoms with Crippen molar-refractivity contribution in [1.29, 1.82) is 0 Å². The molecule has 0 N–H and O–H groups in total. The fourth-order valence-electron chi connectivity index (χ4n) is 5.05. The smallest absolute Gasteiger partial charge is 0.260 e. The van der Waals surface area contributed by atoms with Gasteiger partial charge < -0.3 is 14.2 Å². The molecule has 0 unspecified atom stereocenters. The summed E-state index contributed by atoms with van der Waals surface area (Å²) in [5.41, 5.74) is 3.44. The quantitative estimate of drug-likeness (QED) is 0.540. The Morgan fingerprint density at radius 1 is 0.971 bits per heavy atom. The van der Waals surface area contributed by atoms with Gasteiger partial charge in [-0.2, -0.15) is 0 Å². The molecule has 2 aromatic carbocycles. The van der Waals surface area contributed by atoms with Crippen LogP contribution in [-0.4, -0.2) is 82.0 Å². The van der Waals surface area contributed by atoms with Gasteiger partial charge in [0.15, 0.2) is 0 Å². The van der Waals surface area contributed by atoms with Gasteiger partial charge in [-0.05, 0) is 56.3 Å². The number of rotatable bonds is 8. The molecule has 0 bridgehead atoms. The van der Waals surface area contributed by atoms with Gasteiger partial charge in [0.05, 0.1) is 32.7 Å². The molecule has 0 aromatic heterocycles. The number of ether oxygens (including phenoxy) is 3. The molecule has 3 aliphatic heterocycles. The molecule has 2 saturated heterocycles. The van der Waals surface area contributed by atoms with Crippen molar-refractivity contribution < 1.29 is 19.0 Å². The zero-order valence-corrected chi connectivity index (χ0v) is 20.6. The molecule has 3 aliphatic rings. The van der Waals surface area contributed by atoms with Gasteiger partial charge in [-0.25, -0.2) is 0 Å². The predicted molar refractivity (Wildman–Crippen MR) is 138 cm³/mol. The third-order valence-corrected chi connectivity index (χ3v) is 7.04. The molecule has 2 aromatic rings. The Hall–Kier alpha value is -2.87. The van der Waals surface area contributed by atoms with Gasteiger partial charge in [-0.3, -0.25) is 19.5 Å². The van der Waals surface area contributed by atoms with Crippen LogP contribution in [0.1, 0.15) is 30.4 Å². The van der Waals surface area contributed by atoms with E-state index in [1.165, 1.54) is 19.3 Å². The molecule has 3 heterocycles. The van der Waals surface area contributed by atoms with Crippen LogP contribution in [0.15, 0.2) is 42.5 Å². The Balaban J connectivity index is 1.39. The van der Waals surface area contributed by atoms with Crippen molar-refractivity contribution in [3.05, 3.63) is 53.6 Å². The maximum Gasteiger partial charge on any atom is 0.260 e. The minimum absolute atomic E-state index is 0.0137. The summed E-state index contributed by atoms with van der Waals surface area (Å²) in [5.74, 6) is 1.52. The summed E-state index contributed by atoms with van der Waals surface area (Å²) in [6.45, 7) is 7.45. The van der Waals surface area contributed by atoms with E-state index >= 15 is 0 Å². The van der Waals surface area contributed by atoms with E-state index in [0.29, 0.717) is 32.1 Å². The number of benzene rings is 2. The number of anilines is 1. The molecule has 7 heteroatoms. The fraction of sp³-hybridized carbons (Fsp3) is 0.464. The molecule has 0 spiro atoms. The Labute approximate surface area is 207 Å². The van der Waals surface area contributed by atoms with Gasteiger partial charge in [-0.1, -0.05) is 24.6 Å². The average molecular weight is 478 g/mol. The highest BCUT2D eigenvalue weighted by Gasteiger charge is 2.33. The number of para-hydroxylation sites is 1. The Morgan fingerprint density at radius 2 is 1.77 bits per heavy atom. The third kappa shape index (κ3) is 5.53. The minimum atomic E-state index is 0.0137. The van der Waals surface area contributed by atoms with Crippen molar-refractivity contribution in [2.75, 3.05) is 71.2 Å². The lowest BCUT2D eigenvalue weighted by molar-refractivity contribution is -0.113. The van der Waals surface area contributed by atoms with Crippen molar-refractivity contribution in [3.63, 3.8) is 0 Å². The molecule has 35 heavy (non-hydrogen) atoms. The van der Waals surface area contributed by atoms with Gasteiger partial charge in [0.2, 0.25) is 0 Å². The van der Waals surface area contributed by atoms with Crippen molar-refractivity contribution >= 4 is 23.2 Å². The maximum absolute atomic E-state index is 13.6. The van der Waals surface area contributed by atoms with Crippen molar-refractivity contribution in [2.24, 2.45) is 0 Å². The first-order valence-corrected chi connectivity index (χ1v) is 12.7. The summed E-state index contributed by atoms with van der Waals surface area (Å²) in [6, 6.07) is 13.8. The second-order valence-electron chi connectivity index (χ2n) is 9.33. The number of hydrogen-bond acceptors (Lipinski definition) is 6. The fourth-order valence-corrected chi connectivity index (χ4v) is 5.05. The van der Waals surface area contributed by atoms with Crippen LogP contribution in [0.5, 0.6) is 11.5 Å². The van der Waals surface area contributed by atoms with E-state index in [1.807, 2.05) is 53.4 Å². The first-order chi connectivity index (χ1) is 17.2. The van der Waals surface area contributed by atoms with E-state index in [-0.39, 0.29) is 5.91 Å². The highest BCUT2D eigenvalue weighted by molar-refractivity contribution is 6.35.